The largest absolute Gasteiger partial charge is 0.493 e. The zero-order chi connectivity index (χ0) is 22.6. The van der Waals surface area contributed by atoms with Crippen molar-refractivity contribution in [3.05, 3.63) is 66.0 Å². The number of hydrogen-bond donors (Lipinski definition) is 1. The molecule has 1 aromatic heterocycles. The summed E-state index contributed by atoms with van der Waals surface area (Å²) in [7, 11) is 1.62. The number of carbonyl (C=O) groups is 1. The predicted octanol–water partition coefficient (Wildman–Crippen LogP) is 4.22. The third kappa shape index (κ3) is 4.54. The molecule has 1 unspecified atom stereocenters. The van der Waals surface area contributed by atoms with Gasteiger partial charge in [-0.3, -0.25) is 4.79 Å². The normalized spacial score (nSPS) is 17.7. The first-order valence-electron chi connectivity index (χ1n) is 11.5. The van der Waals surface area contributed by atoms with Crippen LogP contribution >= 0.6 is 0 Å². The van der Waals surface area contributed by atoms with Crippen molar-refractivity contribution in [1.29, 1.82) is 0 Å². The van der Waals surface area contributed by atoms with E-state index in [1.54, 1.807) is 18.2 Å². The van der Waals surface area contributed by atoms with Crippen LogP contribution in [0.5, 0.6) is 11.5 Å². The molecule has 33 heavy (non-hydrogen) atoms. The fourth-order valence-electron chi connectivity index (χ4n) is 4.44. The molecule has 7 nitrogen and oxygen atoms in total. The zero-order valence-corrected chi connectivity index (χ0v) is 18.8. The number of anilines is 1. The average molecular weight is 445 g/mol. The van der Waals surface area contributed by atoms with Gasteiger partial charge in [-0.25, -0.2) is 9.97 Å². The second kappa shape index (κ2) is 9.58. The van der Waals surface area contributed by atoms with E-state index in [1.807, 2.05) is 48.5 Å². The Hall–Kier alpha value is -3.45. The van der Waals surface area contributed by atoms with Gasteiger partial charge in [0.05, 0.1) is 20.3 Å². The summed E-state index contributed by atoms with van der Waals surface area (Å²) in [4.78, 5) is 23.9. The summed E-state index contributed by atoms with van der Waals surface area (Å²) in [5.41, 5.74) is 2.90. The third-order valence-corrected chi connectivity index (χ3v) is 6.27. The summed E-state index contributed by atoms with van der Waals surface area (Å²) >= 11 is 0. The Balaban J connectivity index is 1.30. The highest BCUT2D eigenvalue weighted by molar-refractivity contribution is 6.08. The third-order valence-electron chi connectivity index (χ3n) is 6.27. The van der Waals surface area contributed by atoms with Crippen molar-refractivity contribution in [3.8, 4) is 22.9 Å². The summed E-state index contributed by atoms with van der Waals surface area (Å²) in [6, 6.07) is 15.8. The summed E-state index contributed by atoms with van der Waals surface area (Å²) in [5, 5.41) is 3.54. The first-order chi connectivity index (χ1) is 16.2. The number of piperidine rings is 1. The Morgan fingerprint density at radius 3 is 2.79 bits per heavy atom. The number of hydrogen-bond acceptors (Lipinski definition) is 6. The summed E-state index contributed by atoms with van der Waals surface area (Å²) < 4.78 is 11.6. The predicted molar refractivity (Wildman–Crippen MR) is 127 cm³/mol. The zero-order valence-electron chi connectivity index (χ0n) is 18.8. The standard InChI is InChI=1S/C26H28N4O3/c1-32-23-15-21(10-11-22(23)33-14-12-20-9-5-6-13-27-20)30-17-19-16-28-25(29-24(19)26(30)31)18-7-3-2-4-8-18/h2-4,7-8,10-11,15-16,20,27H,5-6,9,12-14,17H2,1H3. The van der Waals surface area contributed by atoms with Gasteiger partial charge in [-0.2, -0.15) is 0 Å². The number of nitrogens with zero attached hydrogens (tertiary/aromatic N) is 3. The first-order valence-corrected chi connectivity index (χ1v) is 11.5. The van der Waals surface area contributed by atoms with Crippen LogP contribution in [0.1, 0.15) is 41.7 Å². The molecule has 1 N–H and O–H groups in total. The van der Waals surface area contributed by atoms with Crippen molar-refractivity contribution in [2.75, 3.05) is 25.2 Å². The second-order valence-corrected chi connectivity index (χ2v) is 8.44. The molecule has 2 aliphatic heterocycles. The van der Waals surface area contributed by atoms with Crippen molar-refractivity contribution in [1.82, 2.24) is 15.3 Å². The maximum atomic E-state index is 13.2. The average Bonchev–Trinajstić information content (AvgIpc) is 3.21. The molecule has 1 atom stereocenters. The van der Waals surface area contributed by atoms with Crippen molar-refractivity contribution in [2.45, 2.75) is 38.3 Å². The van der Waals surface area contributed by atoms with Crippen molar-refractivity contribution in [2.24, 2.45) is 0 Å². The Labute approximate surface area is 193 Å². The van der Waals surface area contributed by atoms with Gasteiger partial charge in [-0.15, -0.1) is 0 Å². The van der Waals surface area contributed by atoms with E-state index in [9.17, 15) is 4.79 Å². The summed E-state index contributed by atoms with van der Waals surface area (Å²) in [6.07, 6.45) is 6.44. The van der Waals surface area contributed by atoms with Crippen molar-refractivity contribution in [3.63, 3.8) is 0 Å². The fraction of sp³-hybridized carbons (Fsp3) is 0.346. The summed E-state index contributed by atoms with van der Waals surface area (Å²) in [6.45, 7) is 2.14. The molecule has 170 valence electrons. The Kier molecular flexibility index (Phi) is 6.21. The van der Waals surface area contributed by atoms with Crippen LogP contribution in [0.2, 0.25) is 0 Å². The smallest absolute Gasteiger partial charge is 0.277 e. The number of methoxy groups -OCH3 is 1. The number of rotatable bonds is 7. The number of nitrogens with one attached hydrogen (secondary N) is 1. The topological polar surface area (TPSA) is 76.6 Å². The van der Waals surface area contributed by atoms with E-state index >= 15 is 0 Å². The van der Waals surface area contributed by atoms with E-state index < -0.39 is 0 Å². The van der Waals surface area contributed by atoms with Gasteiger partial charge < -0.3 is 19.7 Å². The summed E-state index contributed by atoms with van der Waals surface area (Å²) in [5.74, 6) is 1.72. The van der Waals surface area contributed by atoms with E-state index in [2.05, 4.69) is 15.3 Å². The molecule has 1 amide bonds. The number of aromatic nitrogens is 2. The van der Waals surface area contributed by atoms with Gasteiger partial charge in [-0.1, -0.05) is 36.8 Å². The lowest BCUT2D eigenvalue weighted by Gasteiger charge is -2.23. The highest BCUT2D eigenvalue weighted by Crippen LogP contribution is 2.35. The second-order valence-electron chi connectivity index (χ2n) is 8.44. The monoisotopic (exact) mass is 444 g/mol. The number of fused-ring (bicyclic) bond motifs is 1. The number of amides is 1. The van der Waals surface area contributed by atoms with Gasteiger partial charge >= 0.3 is 0 Å². The molecule has 0 saturated carbocycles. The van der Waals surface area contributed by atoms with Gasteiger partial charge in [0.2, 0.25) is 0 Å². The van der Waals surface area contributed by atoms with E-state index in [0.717, 1.165) is 29.8 Å². The van der Waals surface area contributed by atoms with Crippen LogP contribution in [0.25, 0.3) is 11.4 Å². The lowest BCUT2D eigenvalue weighted by atomic mass is 10.0. The SMILES string of the molecule is COc1cc(N2Cc3cnc(-c4ccccc4)nc3C2=O)ccc1OCCC1CCCCN1. The van der Waals surface area contributed by atoms with Crippen LogP contribution < -0.4 is 19.7 Å². The molecular weight excluding hydrogens is 416 g/mol. The number of benzene rings is 2. The lowest BCUT2D eigenvalue weighted by molar-refractivity contribution is 0.0992. The highest BCUT2D eigenvalue weighted by atomic mass is 16.5. The molecule has 2 aliphatic rings. The molecule has 1 fully saturated rings. The van der Waals surface area contributed by atoms with Crippen LogP contribution in [-0.4, -0.2) is 42.2 Å². The van der Waals surface area contributed by atoms with Crippen LogP contribution in [0.3, 0.4) is 0 Å². The van der Waals surface area contributed by atoms with Crippen molar-refractivity contribution >= 4 is 11.6 Å². The molecule has 0 spiro atoms. The van der Waals surface area contributed by atoms with Crippen LogP contribution in [0.4, 0.5) is 5.69 Å². The molecule has 0 aliphatic carbocycles. The molecule has 7 heteroatoms. The van der Waals surface area contributed by atoms with Crippen molar-refractivity contribution < 1.29 is 14.3 Å². The Bertz CT molecular complexity index is 1130. The van der Waals surface area contributed by atoms with Gasteiger partial charge in [0.1, 0.15) is 5.69 Å². The molecule has 3 heterocycles. The van der Waals surface area contributed by atoms with E-state index in [1.165, 1.54) is 19.3 Å². The lowest BCUT2D eigenvalue weighted by Crippen LogP contribution is -2.35. The minimum atomic E-state index is -0.135. The van der Waals surface area contributed by atoms with Crippen LogP contribution in [0.15, 0.2) is 54.7 Å². The molecular formula is C26H28N4O3. The highest BCUT2D eigenvalue weighted by Gasteiger charge is 2.31. The minimum absolute atomic E-state index is 0.135. The quantitative estimate of drug-likeness (QED) is 0.588. The minimum Gasteiger partial charge on any atom is -0.493 e. The Morgan fingerprint density at radius 2 is 2.00 bits per heavy atom. The van der Waals surface area contributed by atoms with E-state index in [0.29, 0.717) is 42.2 Å². The maximum absolute atomic E-state index is 13.2. The van der Waals surface area contributed by atoms with Gasteiger partial charge in [0.25, 0.3) is 5.91 Å². The number of ether oxygens (including phenoxy) is 2. The van der Waals surface area contributed by atoms with E-state index in [-0.39, 0.29) is 5.91 Å². The van der Waals surface area contributed by atoms with Gasteiger partial charge in [0.15, 0.2) is 17.3 Å². The van der Waals surface area contributed by atoms with Crippen LogP contribution in [0, 0.1) is 0 Å². The molecule has 3 aromatic rings. The Morgan fingerprint density at radius 1 is 1.12 bits per heavy atom. The molecule has 1 saturated heterocycles. The number of carbonyl (C=O) groups excluding carboxylic acids is 1. The molecule has 0 bridgehead atoms. The van der Waals surface area contributed by atoms with Gasteiger partial charge in [-0.05, 0) is 37.9 Å². The van der Waals surface area contributed by atoms with E-state index in [4.69, 9.17) is 9.47 Å². The molecule has 0 radical (unpaired) electrons. The molecule has 2 aromatic carbocycles. The first kappa shape index (κ1) is 21.4. The van der Waals surface area contributed by atoms with Gasteiger partial charge in [0, 0.05) is 35.1 Å². The molecule has 5 rings (SSSR count). The van der Waals surface area contributed by atoms with Crippen LogP contribution in [-0.2, 0) is 6.54 Å². The maximum Gasteiger partial charge on any atom is 0.277 e. The fourth-order valence-corrected chi connectivity index (χ4v) is 4.44.